The Balaban J connectivity index is 1.82. The summed E-state index contributed by atoms with van der Waals surface area (Å²) in [4.78, 5) is 11.5. The summed E-state index contributed by atoms with van der Waals surface area (Å²) in [6.45, 7) is 6.90. The van der Waals surface area contributed by atoms with Gasteiger partial charge in [0, 0.05) is 24.7 Å². The fourth-order valence-corrected chi connectivity index (χ4v) is 2.31. The van der Waals surface area contributed by atoms with Gasteiger partial charge in [-0.25, -0.2) is 4.79 Å². The molecule has 1 aliphatic rings. The van der Waals surface area contributed by atoms with Crippen LogP contribution in [0.15, 0.2) is 18.2 Å². The second kappa shape index (κ2) is 5.61. The summed E-state index contributed by atoms with van der Waals surface area (Å²) in [5.41, 5.74) is 1.69. The van der Waals surface area contributed by atoms with Crippen LogP contribution >= 0.6 is 0 Å². The Kier molecular flexibility index (Phi) is 4.06. The van der Waals surface area contributed by atoms with E-state index in [2.05, 4.69) is 10.6 Å². The minimum Gasteiger partial charge on any atom is -0.508 e. The average molecular weight is 278 g/mol. The number of phenols is 1. The first-order chi connectivity index (χ1) is 9.35. The zero-order valence-electron chi connectivity index (χ0n) is 12.2. The SMILES string of the molecule is CC(C)(C)OC(=O)NCC[C@H]1CNc2ccc(O)cc21. The fraction of sp³-hybridized carbons (Fsp3) is 0.533. The van der Waals surface area contributed by atoms with Crippen LogP contribution in [-0.4, -0.2) is 29.9 Å². The first-order valence-electron chi connectivity index (χ1n) is 6.89. The minimum absolute atomic E-state index is 0.276. The second-order valence-electron chi connectivity index (χ2n) is 6.07. The number of hydrogen-bond donors (Lipinski definition) is 3. The molecule has 110 valence electrons. The van der Waals surface area contributed by atoms with E-state index in [1.165, 1.54) is 0 Å². The Labute approximate surface area is 119 Å². The van der Waals surface area contributed by atoms with E-state index in [0.717, 1.165) is 24.2 Å². The molecular weight excluding hydrogens is 256 g/mol. The van der Waals surface area contributed by atoms with Crippen LogP contribution in [0.5, 0.6) is 5.75 Å². The van der Waals surface area contributed by atoms with Gasteiger partial charge in [0.2, 0.25) is 0 Å². The van der Waals surface area contributed by atoms with Crippen molar-refractivity contribution >= 4 is 11.8 Å². The molecule has 5 nitrogen and oxygen atoms in total. The van der Waals surface area contributed by atoms with Crippen LogP contribution in [0.3, 0.4) is 0 Å². The number of phenolic OH excluding ortho intramolecular Hbond substituents is 1. The van der Waals surface area contributed by atoms with Crippen molar-refractivity contribution in [1.82, 2.24) is 5.32 Å². The molecule has 0 spiro atoms. The topological polar surface area (TPSA) is 70.6 Å². The van der Waals surface area contributed by atoms with E-state index < -0.39 is 5.60 Å². The maximum atomic E-state index is 11.5. The van der Waals surface area contributed by atoms with E-state index >= 15 is 0 Å². The molecule has 1 amide bonds. The Morgan fingerprint density at radius 1 is 1.50 bits per heavy atom. The van der Waals surface area contributed by atoms with Crippen molar-refractivity contribution < 1.29 is 14.6 Å². The molecule has 20 heavy (non-hydrogen) atoms. The van der Waals surface area contributed by atoms with Crippen molar-refractivity contribution in [3.8, 4) is 5.75 Å². The molecule has 5 heteroatoms. The molecule has 1 aromatic rings. The number of aromatic hydroxyl groups is 1. The molecule has 0 bridgehead atoms. The third-order valence-electron chi connectivity index (χ3n) is 3.17. The maximum Gasteiger partial charge on any atom is 0.407 e. The highest BCUT2D eigenvalue weighted by molar-refractivity contribution is 5.67. The summed E-state index contributed by atoms with van der Waals surface area (Å²) >= 11 is 0. The number of fused-ring (bicyclic) bond motifs is 1. The highest BCUT2D eigenvalue weighted by Gasteiger charge is 2.23. The predicted molar refractivity (Wildman–Crippen MR) is 78.2 cm³/mol. The first-order valence-corrected chi connectivity index (χ1v) is 6.89. The van der Waals surface area contributed by atoms with Gasteiger partial charge in [-0.15, -0.1) is 0 Å². The number of hydrogen-bond acceptors (Lipinski definition) is 4. The van der Waals surface area contributed by atoms with Gasteiger partial charge < -0.3 is 20.5 Å². The number of carbonyl (C=O) groups is 1. The fourth-order valence-electron chi connectivity index (χ4n) is 2.31. The Hall–Kier alpha value is -1.91. The lowest BCUT2D eigenvalue weighted by Crippen LogP contribution is -2.33. The van der Waals surface area contributed by atoms with Crippen LogP contribution in [-0.2, 0) is 4.74 Å². The van der Waals surface area contributed by atoms with Crippen molar-refractivity contribution in [3.05, 3.63) is 23.8 Å². The molecule has 0 radical (unpaired) electrons. The molecule has 0 unspecified atom stereocenters. The Morgan fingerprint density at radius 2 is 2.25 bits per heavy atom. The Bertz CT molecular complexity index is 494. The van der Waals surface area contributed by atoms with Crippen LogP contribution in [0.25, 0.3) is 0 Å². The molecule has 0 saturated heterocycles. The Morgan fingerprint density at radius 3 is 2.95 bits per heavy atom. The van der Waals surface area contributed by atoms with E-state index in [4.69, 9.17) is 4.74 Å². The molecule has 1 heterocycles. The summed E-state index contributed by atoms with van der Waals surface area (Å²) in [5.74, 6) is 0.574. The molecule has 0 saturated carbocycles. The summed E-state index contributed by atoms with van der Waals surface area (Å²) < 4.78 is 5.19. The van der Waals surface area contributed by atoms with Crippen LogP contribution in [0.2, 0.25) is 0 Å². The molecule has 0 aromatic heterocycles. The first kappa shape index (κ1) is 14.5. The number of anilines is 1. The zero-order valence-corrected chi connectivity index (χ0v) is 12.2. The summed E-state index contributed by atoms with van der Waals surface area (Å²) in [5, 5.41) is 15.6. The predicted octanol–water partition coefficient (Wildman–Crippen LogP) is 2.82. The lowest BCUT2D eigenvalue weighted by Gasteiger charge is -2.20. The molecule has 1 atom stereocenters. The van der Waals surface area contributed by atoms with Gasteiger partial charge in [0.25, 0.3) is 0 Å². The standard InChI is InChI=1S/C15H22N2O3/c1-15(2,3)20-14(19)16-7-6-10-9-17-13-5-4-11(18)8-12(10)13/h4-5,8,10,17-18H,6-7,9H2,1-3H3,(H,16,19)/t10-/m0/s1. The number of alkyl carbamates (subject to hydrolysis) is 1. The zero-order chi connectivity index (χ0) is 14.8. The van der Waals surface area contributed by atoms with Gasteiger partial charge in [0.05, 0.1) is 0 Å². The van der Waals surface area contributed by atoms with Crippen LogP contribution < -0.4 is 10.6 Å². The van der Waals surface area contributed by atoms with E-state index in [-0.39, 0.29) is 11.8 Å². The molecule has 3 N–H and O–H groups in total. The minimum atomic E-state index is -0.475. The average Bonchev–Trinajstić information content (AvgIpc) is 2.69. The molecule has 2 rings (SSSR count). The molecule has 0 fully saturated rings. The van der Waals surface area contributed by atoms with Gasteiger partial charge in [-0.3, -0.25) is 0 Å². The normalized spacial score (nSPS) is 17.2. The number of ether oxygens (including phenoxy) is 1. The van der Waals surface area contributed by atoms with Gasteiger partial charge in [-0.05, 0) is 51.0 Å². The number of carbonyl (C=O) groups excluding carboxylic acids is 1. The lowest BCUT2D eigenvalue weighted by molar-refractivity contribution is 0.0526. The summed E-state index contributed by atoms with van der Waals surface area (Å²) in [6, 6.07) is 5.34. The smallest absolute Gasteiger partial charge is 0.407 e. The van der Waals surface area contributed by atoms with E-state index in [1.54, 1.807) is 12.1 Å². The van der Waals surface area contributed by atoms with Crippen molar-refractivity contribution in [3.63, 3.8) is 0 Å². The van der Waals surface area contributed by atoms with Crippen molar-refractivity contribution in [2.24, 2.45) is 0 Å². The molecule has 0 aliphatic carbocycles. The van der Waals surface area contributed by atoms with Gasteiger partial charge in [0.1, 0.15) is 11.4 Å². The number of nitrogens with one attached hydrogen (secondary N) is 2. The van der Waals surface area contributed by atoms with Gasteiger partial charge in [0.15, 0.2) is 0 Å². The third kappa shape index (κ3) is 3.79. The van der Waals surface area contributed by atoms with Gasteiger partial charge >= 0.3 is 6.09 Å². The van der Waals surface area contributed by atoms with Gasteiger partial charge in [-0.1, -0.05) is 0 Å². The summed E-state index contributed by atoms with van der Waals surface area (Å²) in [6.07, 6.45) is 0.419. The van der Waals surface area contributed by atoms with Crippen LogP contribution in [0.4, 0.5) is 10.5 Å². The summed E-state index contributed by atoms with van der Waals surface area (Å²) in [7, 11) is 0. The van der Waals surface area contributed by atoms with Crippen LogP contribution in [0, 0.1) is 0 Å². The lowest BCUT2D eigenvalue weighted by atomic mass is 9.98. The number of benzene rings is 1. The van der Waals surface area contributed by atoms with Crippen molar-refractivity contribution in [2.75, 3.05) is 18.4 Å². The monoisotopic (exact) mass is 278 g/mol. The van der Waals surface area contributed by atoms with Crippen LogP contribution in [0.1, 0.15) is 38.7 Å². The number of amides is 1. The third-order valence-corrected chi connectivity index (χ3v) is 3.17. The maximum absolute atomic E-state index is 11.5. The van der Waals surface area contributed by atoms with E-state index in [9.17, 15) is 9.90 Å². The molecule has 1 aliphatic heterocycles. The largest absolute Gasteiger partial charge is 0.508 e. The number of rotatable bonds is 3. The van der Waals surface area contributed by atoms with Crippen molar-refractivity contribution in [1.29, 1.82) is 0 Å². The quantitative estimate of drug-likeness (QED) is 0.744. The van der Waals surface area contributed by atoms with Gasteiger partial charge in [-0.2, -0.15) is 0 Å². The molecule has 1 aromatic carbocycles. The van der Waals surface area contributed by atoms with Crippen molar-refractivity contribution in [2.45, 2.75) is 38.7 Å². The highest BCUT2D eigenvalue weighted by atomic mass is 16.6. The second-order valence-corrected chi connectivity index (χ2v) is 6.07. The molecular formula is C15H22N2O3. The highest BCUT2D eigenvalue weighted by Crippen LogP contribution is 2.35. The van der Waals surface area contributed by atoms with E-state index in [0.29, 0.717) is 12.5 Å². The van der Waals surface area contributed by atoms with E-state index in [1.807, 2.05) is 26.8 Å².